The molecule has 4 rings (SSSR count). The fourth-order valence-electron chi connectivity index (χ4n) is 4.85. The number of ether oxygens (including phenoxy) is 2. The van der Waals surface area contributed by atoms with Crippen LogP contribution in [0.1, 0.15) is 52.5 Å². The number of halogens is 1. The van der Waals surface area contributed by atoms with E-state index in [1.807, 2.05) is 54.2 Å². The normalized spacial score (nSPS) is 17.2. The second-order valence-corrected chi connectivity index (χ2v) is 9.51. The number of nitrogens with zero attached hydrogens (tertiary/aromatic N) is 2. The molecule has 1 aromatic heterocycles. The molecular formula is C30H32ClN3O4. The number of carbonyl (C=O) groups excluding carboxylic acids is 2. The number of fused-ring (bicyclic) bond motifs is 1. The molecule has 2 atom stereocenters. The van der Waals surface area contributed by atoms with Gasteiger partial charge in [0.05, 0.1) is 36.9 Å². The average Bonchev–Trinajstić information content (AvgIpc) is 3.28. The fourth-order valence-corrected chi connectivity index (χ4v) is 5.09. The molecule has 0 saturated heterocycles. The topological polar surface area (TPSA) is 72.8 Å². The lowest BCUT2D eigenvalue weighted by Crippen LogP contribution is -2.44. The van der Waals surface area contributed by atoms with Gasteiger partial charge in [0.1, 0.15) is 11.5 Å². The molecule has 0 radical (unpaired) electrons. The van der Waals surface area contributed by atoms with Crippen LogP contribution in [0, 0.1) is 0 Å². The van der Waals surface area contributed by atoms with E-state index in [-0.39, 0.29) is 11.8 Å². The smallest absolute Gasteiger partial charge is 0.254 e. The molecular weight excluding hydrogens is 502 g/mol. The van der Waals surface area contributed by atoms with E-state index in [1.54, 1.807) is 36.2 Å². The summed E-state index contributed by atoms with van der Waals surface area (Å²) in [4.78, 5) is 29.1. The maximum atomic E-state index is 14.0. The molecule has 0 spiro atoms. The van der Waals surface area contributed by atoms with E-state index in [1.165, 1.54) is 14.2 Å². The predicted octanol–water partition coefficient (Wildman–Crippen LogP) is 6.22. The summed E-state index contributed by atoms with van der Waals surface area (Å²) in [5, 5.41) is 3.34. The Morgan fingerprint density at radius 2 is 1.82 bits per heavy atom. The van der Waals surface area contributed by atoms with Gasteiger partial charge in [0.2, 0.25) is 5.91 Å². The molecule has 2 heterocycles. The molecule has 2 unspecified atom stereocenters. The van der Waals surface area contributed by atoms with Crippen molar-refractivity contribution in [3.05, 3.63) is 94.3 Å². The van der Waals surface area contributed by atoms with Crippen molar-refractivity contribution in [2.75, 3.05) is 26.6 Å². The summed E-state index contributed by atoms with van der Waals surface area (Å²) in [6.45, 7) is 2.08. The van der Waals surface area contributed by atoms with E-state index >= 15 is 0 Å². The second-order valence-electron chi connectivity index (χ2n) is 9.11. The van der Waals surface area contributed by atoms with Crippen LogP contribution in [0.3, 0.4) is 0 Å². The highest BCUT2D eigenvalue weighted by atomic mass is 35.5. The molecule has 8 heteroatoms. The van der Waals surface area contributed by atoms with E-state index in [4.69, 9.17) is 21.1 Å². The van der Waals surface area contributed by atoms with Crippen LogP contribution in [0.25, 0.3) is 6.08 Å². The number of nitrogens with one attached hydrogen (secondary N) is 1. The number of amides is 2. The van der Waals surface area contributed by atoms with Gasteiger partial charge in [0.25, 0.3) is 5.91 Å². The zero-order valence-corrected chi connectivity index (χ0v) is 23.0. The van der Waals surface area contributed by atoms with Gasteiger partial charge in [-0.25, -0.2) is 0 Å². The SMILES string of the molecule is CC/C=C\C=C/c1cc(C2C(C(=O)Nc3cc(Cl)c(OC)cc3OC)c3ccccc3C(=O)N2C)cn1C. The first-order valence-corrected chi connectivity index (χ1v) is 12.8. The minimum absolute atomic E-state index is 0.133. The first kappa shape index (κ1) is 27.1. The van der Waals surface area contributed by atoms with Gasteiger partial charge in [-0.3, -0.25) is 9.59 Å². The monoisotopic (exact) mass is 533 g/mol. The lowest BCUT2D eigenvalue weighted by Gasteiger charge is -2.39. The molecule has 0 saturated carbocycles. The van der Waals surface area contributed by atoms with E-state index in [0.717, 1.165) is 17.7 Å². The number of anilines is 1. The fraction of sp³-hybridized carbons (Fsp3) is 0.267. The van der Waals surface area contributed by atoms with Crippen LogP contribution in [0.2, 0.25) is 5.02 Å². The molecule has 198 valence electrons. The van der Waals surface area contributed by atoms with Gasteiger partial charge >= 0.3 is 0 Å². The molecule has 7 nitrogen and oxygen atoms in total. The van der Waals surface area contributed by atoms with Crippen LogP contribution >= 0.6 is 11.6 Å². The number of benzene rings is 2. The molecule has 3 aromatic rings. The van der Waals surface area contributed by atoms with Crippen LogP contribution in [-0.4, -0.2) is 42.5 Å². The minimum Gasteiger partial charge on any atom is -0.495 e. The Labute approximate surface area is 228 Å². The number of carbonyl (C=O) groups is 2. The van der Waals surface area contributed by atoms with E-state index in [9.17, 15) is 9.59 Å². The molecule has 38 heavy (non-hydrogen) atoms. The highest BCUT2D eigenvalue weighted by Crippen LogP contribution is 2.44. The maximum absolute atomic E-state index is 14.0. The van der Waals surface area contributed by atoms with Crippen molar-refractivity contribution in [1.82, 2.24) is 9.47 Å². The largest absolute Gasteiger partial charge is 0.495 e. The summed E-state index contributed by atoms with van der Waals surface area (Å²) in [5.74, 6) is -0.248. The van der Waals surface area contributed by atoms with E-state index < -0.39 is 12.0 Å². The Bertz CT molecular complexity index is 1410. The van der Waals surface area contributed by atoms with Gasteiger partial charge < -0.3 is 24.3 Å². The molecule has 0 fully saturated rings. The van der Waals surface area contributed by atoms with Gasteiger partial charge in [-0.15, -0.1) is 0 Å². The third kappa shape index (κ3) is 5.20. The maximum Gasteiger partial charge on any atom is 0.254 e. The van der Waals surface area contributed by atoms with Gasteiger partial charge in [-0.2, -0.15) is 0 Å². The van der Waals surface area contributed by atoms with Gasteiger partial charge in [-0.05, 0) is 41.8 Å². The van der Waals surface area contributed by atoms with Crippen LogP contribution in [-0.2, 0) is 11.8 Å². The average molecular weight is 534 g/mol. The van der Waals surface area contributed by atoms with Crippen LogP contribution < -0.4 is 14.8 Å². The lowest BCUT2D eigenvalue weighted by atomic mass is 9.80. The number of rotatable bonds is 8. The summed E-state index contributed by atoms with van der Waals surface area (Å²) in [7, 11) is 6.71. The zero-order valence-electron chi connectivity index (χ0n) is 22.2. The first-order chi connectivity index (χ1) is 18.3. The quantitative estimate of drug-likeness (QED) is 0.349. The predicted molar refractivity (Wildman–Crippen MR) is 151 cm³/mol. The number of aryl methyl sites for hydroxylation is 1. The summed E-state index contributed by atoms with van der Waals surface area (Å²) >= 11 is 6.36. The van der Waals surface area contributed by atoms with Crippen LogP contribution in [0.4, 0.5) is 5.69 Å². The van der Waals surface area contributed by atoms with Gasteiger partial charge in [0.15, 0.2) is 0 Å². The van der Waals surface area contributed by atoms with Crippen LogP contribution in [0.5, 0.6) is 11.5 Å². The second kappa shape index (κ2) is 11.6. The Morgan fingerprint density at radius 1 is 1.08 bits per heavy atom. The Morgan fingerprint density at radius 3 is 2.53 bits per heavy atom. The summed E-state index contributed by atoms with van der Waals surface area (Å²) in [6.07, 6.45) is 11.0. The number of methoxy groups -OCH3 is 2. The highest BCUT2D eigenvalue weighted by Gasteiger charge is 2.43. The number of hydrogen-bond donors (Lipinski definition) is 1. The number of likely N-dealkylation sites (N-methyl/N-ethyl adjacent to an activating group) is 1. The number of aromatic nitrogens is 1. The molecule has 1 N–H and O–H groups in total. The third-order valence-electron chi connectivity index (χ3n) is 6.75. The molecule has 1 aliphatic rings. The van der Waals surface area contributed by atoms with Gasteiger partial charge in [0, 0.05) is 37.6 Å². The molecule has 1 aliphatic heterocycles. The van der Waals surface area contributed by atoms with Crippen molar-refractivity contribution >= 4 is 35.2 Å². The molecule has 2 amide bonds. The van der Waals surface area contributed by atoms with Crippen molar-refractivity contribution < 1.29 is 19.1 Å². The lowest BCUT2D eigenvalue weighted by molar-refractivity contribution is -0.119. The first-order valence-electron chi connectivity index (χ1n) is 12.4. The highest BCUT2D eigenvalue weighted by molar-refractivity contribution is 6.32. The Kier molecular flexibility index (Phi) is 8.27. The number of allylic oxidation sites excluding steroid dienone is 3. The van der Waals surface area contributed by atoms with Crippen molar-refractivity contribution in [1.29, 1.82) is 0 Å². The minimum atomic E-state index is -0.682. The van der Waals surface area contributed by atoms with Crippen LogP contribution in [0.15, 0.2) is 66.9 Å². The van der Waals surface area contributed by atoms with E-state index in [0.29, 0.717) is 33.3 Å². The summed E-state index contributed by atoms with van der Waals surface area (Å²) < 4.78 is 12.8. The van der Waals surface area contributed by atoms with E-state index in [2.05, 4.69) is 18.3 Å². The number of hydrogen-bond acceptors (Lipinski definition) is 4. The summed E-state index contributed by atoms with van der Waals surface area (Å²) in [6, 6.07) is 12.0. The van der Waals surface area contributed by atoms with Crippen molar-refractivity contribution in [2.45, 2.75) is 25.3 Å². The van der Waals surface area contributed by atoms with Gasteiger partial charge in [-0.1, -0.05) is 55.0 Å². The Hall–Kier alpha value is -3.97. The standard InChI is InChI=1S/C30H32ClN3O4/c1-6-7-8-9-12-20-15-19(18-33(20)2)28-27(21-13-10-11-14-22(21)30(36)34(28)3)29(35)32-24-16-23(31)25(37-4)17-26(24)38-5/h7-18,27-28H,6H2,1-5H3,(H,32,35)/b8-7-,12-9-. The Balaban J connectivity index is 1.78. The van der Waals surface area contributed by atoms with Crippen molar-refractivity contribution in [2.24, 2.45) is 7.05 Å². The van der Waals surface area contributed by atoms with Crippen molar-refractivity contribution in [3.8, 4) is 11.5 Å². The molecule has 0 aliphatic carbocycles. The van der Waals surface area contributed by atoms with Crippen molar-refractivity contribution in [3.63, 3.8) is 0 Å². The molecule has 0 bridgehead atoms. The summed E-state index contributed by atoms with van der Waals surface area (Å²) in [5.41, 5.74) is 3.41. The third-order valence-corrected chi connectivity index (χ3v) is 7.05. The zero-order chi connectivity index (χ0) is 27.4. The molecule has 2 aromatic carbocycles.